The maximum Gasteiger partial charge on any atom is 0.408 e. The van der Waals surface area contributed by atoms with Crippen LogP contribution in [0.15, 0.2) is 24.3 Å². The lowest BCUT2D eigenvalue weighted by Crippen LogP contribution is -2.46. The van der Waals surface area contributed by atoms with Gasteiger partial charge in [0.15, 0.2) is 0 Å². The van der Waals surface area contributed by atoms with Gasteiger partial charge in [0, 0.05) is 19.2 Å². The summed E-state index contributed by atoms with van der Waals surface area (Å²) in [5.41, 5.74) is 0.168. The van der Waals surface area contributed by atoms with Crippen molar-refractivity contribution in [3.63, 3.8) is 0 Å². The first-order valence-corrected chi connectivity index (χ1v) is 10.2. The summed E-state index contributed by atoms with van der Waals surface area (Å²) in [5.74, 6) is 1.01. The number of amides is 3. The highest BCUT2D eigenvalue weighted by Gasteiger charge is 2.30. The number of terminal acetylenes is 1. The normalized spacial score (nSPS) is 11.5. The Labute approximate surface area is 188 Å². The van der Waals surface area contributed by atoms with E-state index in [-0.39, 0.29) is 26.1 Å². The monoisotopic (exact) mass is 445 g/mol. The van der Waals surface area contributed by atoms with Crippen LogP contribution >= 0.6 is 0 Å². The van der Waals surface area contributed by atoms with Crippen LogP contribution in [0, 0.1) is 12.3 Å². The summed E-state index contributed by atoms with van der Waals surface area (Å²) in [4.78, 5) is 50.3. The van der Waals surface area contributed by atoms with E-state index < -0.39 is 35.5 Å². The number of esters is 1. The lowest BCUT2D eigenvalue weighted by atomic mass is 9.98. The maximum absolute atomic E-state index is 13.0. The molecule has 9 heteroatoms. The van der Waals surface area contributed by atoms with Crippen LogP contribution in [0.4, 0.5) is 4.79 Å². The van der Waals surface area contributed by atoms with E-state index in [1.165, 1.54) is 11.9 Å². The second-order valence-corrected chi connectivity index (χ2v) is 7.84. The van der Waals surface area contributed by atoms with Crippen molar-refractivity contribution in [2.75, 3.05) is 26.7 Å². The number of hydrogen-bond donors (Lipinski definition) is 2. The number of rotatable bonds is 9. The van der Waals surface area contributed by atoms with Gasteiger partial charge in [-0.3, -0.25) is 14.4 Å². The number of nitrogens with one attached hydrogen (secondary N) is 2. The highest BCUT2D eigenvalue weighted by molar-refractivity contribution is 5.91. The van der Waals surface area contributed by atoms with Gasteiger partial charge < -0.3 is 25.0 Å². The Bertz CT molecular complexity index is 869. The standard InChI is InChI=1S/C23H31N3O6/c1-7-16-11-9-10-12-17(16)20(21(29)24-14-13-19(28)31-8-2)26(6)18(27)15-25-22(30)32-23(3,4)5/h1,9-12,20H,8,13-15H2,2-6H3,(H,24,29)(H,25,30). The van der Waals surface area contributed by atoms with Crippen LogP contribution in [-0.4, -0.2) is 61.1 Å². The van der Waals surface area contributed by atoms with Gasteiger partial charge in [-0.15, -0.1) is 6.42 Å². The molecule has 1 aromatic rings. The van der Waals surface area contributed by atoms with Crippen LogP contribution in [0.1, 0.15) is 51.3 Å². The van der Waals surface area contributed by atoms with Gasteiger partial charge in [-0.05, 0) is 39.3 Å². The molecule has 0 aromatic heterocycles. The molecule has 0 spiro atoms. The van der Waals surface area contributed by atoms with E-state index in [0.29, 0.717) is 11.1 Å². The summed E-state index contributed by atoms with van der Waals surface area (Å²) < 4.78 is 9.97. The van der Waals surface area contributed by atoms with Crippen LogP contribution in [0.3, 0.4) is 0 Å². The third kappa shape index (κ3) is 8.68. The Kier molecular flexibility index (Phi) is 10.2. The molecule has 0 bridgehead atoms. The first-order chi connectivity index (χ1) is 15.0. The van der Waals surface area contributed by atoms with E-state index in [1.807, 2.05) is 0 Å². The number of carbonyl (C=O) groups excluding carboxylic acids is 4. The highest BCUT2D eigenvalue weighted by atomic mass is 16.6. The van der Waals surface area contributed by atoms with E-state index >= 15 is 0 Å². The minimum atomic E-state index is -1.07. The zero-order chi connectivity index (χ0) is 24.3. The summed E-state index contributed by atoms with van der Waals surface area (Å²) >= 11 is 0. The number of benzene rings is 1. The van der Waals surface area contributed by atoms with Crippen molar-refractivity contribution in [2.45, 2.75) is 45.8 Å². The average molecular weight is 446 g/mol. The fourth-order valence-corrected chi connectivity index (χ4v) is 2.74. The molecule has 0 radical (unpaired) electrons. The van der Waals surface area contributed by atoms with Crippen molar-refractivity contribution in [3.8, 4) is 12.3 Å². The van der Waals surface area contributed by atoms with E-state index in [4.69, 9.17) is 15.9 Å². The summed E-state index contributed by atoms with van der Waals surface area (Å²) in [6, 6.07) is 5.66. The van der Waals surface area contributed by atoms with Crippen molar-refractivity contribution in [2.24, 2.45) is 0 Å². The van der Waals surface area contributed by atoms with Crippen LogP contribution < -0.4 is 10.6 Å². The molecule has 0 aliphatic carbocycles. The Hall–Kier alpha value is -3.54. The van der Waals surface area contributed by atoms with E-state index in [0.717, 1.165) is 0 Å². The number of nitrogens with zero attached hydrogens (tertiary/aromatic N) is 1. The van der Waals surface area contributed by atoms with Gasteiger partial charge in [0.25, 0.3) is 0 Å². The number of alkyl carbamates (subject to hydrolysis) is 1. The molecule has 0 fully saturated rings. The lowest BCUT2D eigenvalue weighted by molar-refractivity contribution is -0.143. The fourth-order valence-electron chi connectivity index (χ4n) is 2.74. The first kappa shape index (κ1) is 26.5. The van der Waals surface area contributed by atoms with Crippen molar-refractivity contribution in [1.82, 2.24) is 15.5 Å². The van der Waals surface area contributed by atoms with Gasteiger partial charge in [0.2, 0.25) is 11.8 Å². The van der Waals surface area contributed by atoms with E-state index in [2.05, 4.69) is 16.6 Å². The molecule has 9 nitrogen and oxygen atoms in total. The molecule has 0 saturated heterocycles. The average Bonchev–Trinajstić information content (AvgIpc) is 2.71. The Balaban J connectivity index is 2.98. The number of likely N-dealkylation sites (N-methyl/N-ethyl adjacent to an activating group) is 1. The quantitative estimate of drug-likeness (QED) is 0.442. The molecule has 1 unspecified atom stereocenters. The van der Waals surface area contributed by atoms with Gasteiger partial charge in [-0.1, -0.05) is 24.1 Å². The Morgan fingerprint density at radius 1 is 1.16 bits per heavy atom. The Morgan fingerprint density at radius 2 is 1.81 bits per heavy atom. The number of hydrogen-bond acceptors (Lipinski definition) is 6. The molecule has 3 amide bonds. The van der Waals surface area contributed by atoms with Gasteiger partial charge in [-0.2, -0.15) is 0 Å². The number of carbonyl (C=O) groups is 4. The number of ether oxygens (including phenoxy) is 2. The predicted octanol–water partition coefficient (Wildman–Crippen LogP) is 1.76. The Morgan fingerprint density at radius 3 is 2.41 bits per heavy atom. The topological polar surface area (TPSA) is 114 Å². The molecule has 32 heavy (non-hydrogen) atoms. The molecular formula is C23H31N3O6. The molecule has 2 N–H and O–H groups in total. The van der Waals surface area contributed by atoms with Gasteiger partial charge in [0.1, 0.15) is 18.2 Å². The van der Waals surface area contributed by atoms with Crippen LogP contribution in [-0.2, 0) is 23.9 Å². The fraction of sp³-hybridized carbons (Fsp3) is 0.478. The second-order valence-electron chi connectivity index (χ2n) is 7.84. The first-order valence-electron chi connectivity index (χ1n) is 10.2. The molecular weight excluding hydrogens is 414 g/mol. The minimum absolute atomic E-state index is 0.0130. The van der Waals surface area contributed by atoms with Crippen LogP contribution in [0.2, 0.25) is 0 Å². The molecule has 174 valence electrons. The van der Waals surface area contributed by atoms with Crippen molar-refractivity contribution in [3.05, 3.63) is 35.4 Å². The molecule has 0 aliphatic heterocycles. The van der Waals surface area contributed by atoms with Gasteiger partial charge in [-0.25, -0.2) is 4.79 Å². The largest absolute Gasteiger partial charge is 0.466 e. The molecule has 0 heterocycles. The second kappa shape index (κ2) is 12.3. The predicted molar refractivity (Wildman–Crippen MR) is 118 cm³/mol. The van der Waals surface area contributed by atoms with Crippen LogP contribution in [0.5, 0.6) is 0 Å². The van der Waals surface area contributed by atoms with E-state index in [9.17, 15) is 19.2 Å². The smallest absolute Gasteiger partial charge is 0.408 e. The van der Waals surface area contributed by atoms with Gasteiger partial charge >= 0.3 is 12.1 Å². The summed E-state index contributed by atoms with van der Waals surface area (Å²) in [5, 5.41) is 5.02. The zero-order valence-electron chi connectivity index (χ0n) is 19.2. The summed E-state index contributed by atoms with van der Waals surface area (Å²) in [7, 11) is 1.43. The summed E-state index contributed by atoms with van der Waals surface area (Å²) in [6.07, 6.45) is 4.81. The lowest BCUT2D eigenvalue weighted by Gasteiger charge is -2.29. The third-order valence-corrected chi connectivity index (χ3v) is 4.16. The van der Waals surface area contributed by atoms with Crippen molar-refractivity contribution in [1.29, 1.82) is 0 Å². The molecule has 1 rings (SSSR count). The van der Waals surface area contributed by atoms with Crippen LogP contribution in [0.25, 0.3) is 0 Å². The molecule has 0 saturated carbocycles. The van der Waals surface area contributed by atoms with E-state index in [1.54, 1.807) is 52.0 Å². The summed E-state index contributed by atoms with van der Waals surface area (Å²) in [6.45, 7) is 6.69. The third-order valence-electron chi connectivity index (χ3n) is 4.16. The molecule has 1 aromatic carbocycles. The highest BCUT2D eigenvalue weighted by Crippen LogP contribution is 2.23. The molecule has 0 aliphatic rings. The SMILES string of the molecule is C#Cc1ccccc1C(C(=O)NCCC(=O)OCC)N(C)C(=O)CNC(=O)OC(C)(C)C. The maximum atomic E-state index is 13.0. The molecule has 1 atom stereocenters. The van der Waals surface area contributed by atoms with Crippen molar-refractivity contribution < 1.29 is 28.7 Å². The van der Waals surface area contributed by atoms with Crippen molar-refractivity contribution >= 4 is 23.9 Å². The zero-order valence-corrected chi connectivity index (χ0v) is 19.2. The minimum Gasteiger partial charge on any atom is -0.466 e. The van der Waals surface area contributed by atoms with Gasteiger partial charge in [0.05, 0.1) is 13.0 Å².